The molecule has 0 N–H and O–H groups in total. The second-order valence-electron chi connectivity index (χ2n) is 2.84. The third-order valence-electron chi connectivity index (χ3n) is 1.60. The Morgan fingerprint density at radius 1 is 1.10 bits per heavy atom. The van der Waals surface area contributed by atoms with Crippen molar-refractivity contribution in [3.05, 3.63) is 0 Å². The highest BCUT2D eigenvalue weighted by Crippen LogP contribution is 1.97. The van der Waals surface area contributed by atoms with Gasteiger partial charge in [0.25, 0.3) is 0 Å². The first-order valence-electron chi connectivity index (χ1n) is 3.81. The van der Waals surface area contributed by atoms with Crippen LogP contribution in [0.4, 0.5) is 0 Å². The monoisotopic (exact) mass is 144 g/mol. The molecule has 2 rings (SSSR count). The lowest BCUT2D eigenvalue weighted by Crippen LogP contribution is -2.08. The minimum absolute atomic E-state index is 0.913. The number of hydrogen-bond acceptors (Lipinski definition) is 3. The maximum Gasteiger partial charge on any atom is 0.0698 e. The molecule has 10 heavy (non-hydrogen) atoms. The Morgan fingerprint density at radius 3 is 1.80 bits per heavy atom. The van der Waals surface area contributed by atoms with Gasteiger partial charge in [0.05, 0.1) is 6.61 Å². The summed E-state index contributed by atoms with van der Waals surface area (Å²) in [6, 6.07) is 0. The minimum atomic E-state index is 0.913. The molecule has 2 aliphatic heterocycles. The summed E-state index contributed by atoms with van der Waals surface area (Å²) in [5.74, 6) is 0. The van der Waals surface area contributed by atoms with Crippen LogP contribution in [-0.4, -0.2) is 50.3 Å². The number of rotatable bonds is 0. The van der Waals surface area contributed by atoms with Crippen molar-refractivity contribution in [3.8, 4) is 0 Å². The largest absolute Gasteiger partial charge is 0.304 e. The minimum Gasteiger partial charge on any atom is -0.304 e. The maximum absolute atomic E-state index is 4.99. The summed E-state index contributed by atoms with van der Waals surface area (Å²) in [6.45, 7) is 4.65. The molecule has 0 saturated carbocycles. The van der Waals surface area contributed by atoms with E-state index in [1.54, 1.807) is 0 Å². The molecule has 0 spiro atoms. The van der Waals surface area contributed by atoms with E-state index in [0.717, 1.165) is 13.2 Å². The van der Waals surface area contributed by atoms with Crippen molar-refractivity contribution < 1.29 is 4.84 Å². The summed E-state index contributed by atoms with van der Waals surface area (Å²) < 4.78 is 0. The van der Waals surface area contributed by atoms with E-state index in [4.69, 9.17) is 4.84 Å². The van der Waals surface area contributed by atoms with Crippen molar-refractivity contribution in [2.24, 2.45) is 0 Å². The number of hydrogen-bond donors (Lipinski definition) is 0. The molecule has 0 radical (unpaired) electrons. The molecule has 3 nitrogen and oxygen atoms in total. The Balaban J connectivity index is 0.000000108. The molecule has 0 aromatic carbocycles. The Bertz CT molecular complexity index is 87.6. The molecule has 2 fully saturated rings. The van der Waals surface area contributed by atoms with Crippen LogP contribution in [0.1, 0.15) is 6.42 Å². The van der Waals surface area contributed by atoms with Gasteiger partial charge in [0, 0.05) is 26.7 Å². The zero-order valence-electron chi connectivity index (χ0n) is 6.84. The first-order chi connectivity index (χ1) is 4.79. The quantitative estimate of drug-likeness (QED) is 0.451. The molecule has 0 atom stereocenters. The molecule has 2 saturated heterocycles. The van der Waals surface area contributed by atoms with Crippen LogP contribution in [0.3, 0.4) is 0 Å². The average Bonchev–Trinajstić information content (AvgIpc) is 2.50. The van der Waals surface area contributed by atoms with Crippen molar-refractivity contribution in [2.75, 3.05) is 40.3 Å². The number of hydroxylamine groups is 2. The van der Waals surface area contributed by atoms with Gasteiger partial charge in [-0.1, -0.05) is 0 Å². The van der Waals surface area contributed by atoms with Crippen LogP contribution in [0.5, 0.6) is 0 Å². The average molecular weight is 144 g/mol. The lowest BCUT2D eigenvalue weighted by molar-refractivity contribution is -0.0867. The maximum atomic E-state index is 4.99. The highest BCUT2D eigenvalue weighted by atomic mass is 16.7. The fraction of sp³-hybridized carbons (Fsp3) is 1.00. The first kappa shape index (κ1) is 7.98. The molecule has 0 aromatic heterocycles. The first-order valence-corrected chi connectivity index (χ1v) is 3.81. The Hall–Kier alpha value is -0.120. The zero-order valence-corrected chi connectivity index (χ0v) is 6.84. The third-order valence-corrected chi connectivity index (χ3v) is 1.60. The van der Waals surface area contributed by atoms with Crippen molar-refractivity contribution in [1.29, 1.82) is 0 Å². The smallest absolute Gasteiger partial charge is 0.0698 e. The van der Waals surface area contributed by atoms with E-state index in [2.05, 4.69) is 11.9 Å². The topological polar surface area (TPSA) is 15.5 Å². The van der Waals surface area contributed by atoms with Crippen LogP contribution < -0.4 is 0 Å². The molecule has 60 valence electrons. The van der Waals surface area contributed by atoms with E-state index in [1.165, 1.54) is 19.5 Å². The summed E-state index contributed by atoms with van der Waals surface area (Å²) in [7, 11) is 4.06. The Morgan fingerprint density at radius 2 is 1.70 bits per heavy atom. The Kier molecular flexibility index (Phi) is 3.12. The van der Waals surface area contributed by atoms with E-state index in [0.29, 0.717) is 0 Å². The van der Waals surface area contributed by atoms with Gasteiger partial charge in [-0.2, -0.15) is 5.06 Å². The van der Waals surface area contributed by atoms with E-state index in [-0.39, 0.29) is 0 Å². The van der Waals surface area contributed by atoms with E-state index < -0.39 is 0 Å². The summed E-state index contributed by atoms with van der Waals surface area (Å²) in [5, 5.41) is 1.86. The van der Waals surface area contributed by atoms with Gasteiger partial charge >= 0.3 is 0 Å². The number of likely N-dealkylation sites (N-methyl/N-ethyl adjacent to an activating group) is 1. The van der Waals surface area contributed by atoms with Crippen molar-refractivity contribution in [1.82, 2.24) is 9.96 Å². The predicted molar refractivity (Wildman–Crippen MR) is 40.7 cm³/mol. The molecule has 3 heteroatoms. The van der Waals surface area contributed by atoms with E-state index >= 15 is 0 Å². The second-order valence-corrected chi connectivity index (χ2v) is 2.84. The summed E-state index contributed by atoms with van der Waals surface area (Å²) in [5.41, 5.74) is 0. The molecule has 0 bridgehead atoms. The lowest BCUT2D eigenvalue weighted by Gasteiger charge is -2.01. The second kappa shape index (κ2) is 3.91. The zero-order chi connectivity index (χ0) is 7.40. The third kappa shape index (κ3) is 3.82. The highest BCUT2D eigenvalue weighted by Gasteiger charge is 2.07. The van der Waals surface area contributed by atoms with Gasteiger partial charge in [-0.3, -0.25) is 4.84 Å². The number of nitrogens with zero attached hydrogens (tertiary/aromatic N) is 2. The molecule has 2 aliphatic rings. The molecule has 0 aromatic rings. The van der Waals surface area contributed by atoms with E-state index in [9.17, 15) is 0 Å². The van der Waals surface area contributed by atoms with E-state index in [1.807, 2.05) is 12.1 Å². The molecular formula is C7H16N2O. The molecular weight excluding hydrogens is 128 g/mol. The van der Waals surface area contributed by atoms with Gasteiger partial charge in [-0.05, 0) is 13.5 Å². The molecule has 2 heterocycles. The van der Waals surface area contributed by atoms with Crippen molar-refractivity contribution >= 4 is 0 Å². The lowest BCUT2D eigenvalue weighted by atomic mass is 10.5. The van der Waals surface area contributed by atoms with Crippen LogP contribution in [0.25, 0.3) is 0 Å². The van der Waals surface area contributed by atoms with Crippen molar-refractivity contribution in [3.63, 3.8) is 0 Å². The van der Waals surface area contributed by atoms with Gasteiger partial charge in [0.15, 0.2) is 0 Å². The summed E-state index contributed by atoms with van der Waals surface area (Å²) in [6.07, 6.45) is 1.19. The molecule has 0 amide bonds. The molecule has 0 unspecified atom stereocenters. The summed E-state index contributed by atoms with van der Waals surface area (Å²) in [4.78, 5) is 7.24. The SMILES string of the molecule is CN1CC1.CN1CCCO1. The van der Waals surface area contributed by atoms with Gasteiger partial charge in [0.2, 0.25) is 0 Å². The van der Waals surface area contributed by atoms with Gasteiger partial charge in [0.1, 0.15) is 0 Å². The predicted octanol–water partition coefficient (Wildman–Crippen LogP) is 0.185. The Labute approximate surface area is 62.5 Å². The van der Waals surface area contributed by atoms with Crippen LogP contribution in [0.2, 0.25) is 0 Å². The van der Waals surface area contributed by atoms with Crippen molar-refractivity contribution in [2.45, 2.75) is 6.42 Å². The van der Waals surface area contributed by atoms with Gasteiger partial charge in [-0.15, -0.1) is 0 Å². The normalized spacial score (nSPS) is 25.8. The highest BCUT2D eigenvalue weighted by molar-refractivity contribution is 4.64. The van der Waals surface area contributed by atoms with Crippen LogP contribution in [-0.2, 0) is 4.84 Å². The fourth-order valence-corrected chi connectivity index (χ4v) is 0.672. The van der Waals surface area contributed by atoms with Crippen LogP contribution >= 0.6 is 0 Å². The molecule has 0 aliphatic carbocycles. The standard InChI is InChI=1S/C4H9NO.C3H7N/c1-5-3-2-4-6-5;1-4-2-3-4/h2-4H2,1H3;2-3H2,1H3. The van der Waals surface area contributed by atoms with Gasteiger partial charge in [-0.25, -0.2) is 0 Å². The van der Waals surface area contributed by atoms with Crippen LogP contribution in [0.15, 0.2) is 0 Å². The van der Waals surface area contributed by atoms with Crippen LogP contribution in [0, 0.1) is 0 Å². The fourth-order valence-electron chi connectivity index (χ4n) is 0.672. The summed E-state index contributed by atoms with van der Waals surface area (Å²) >= 11 is 0. The van der Waals surface area contributed by atoms with Gasteiger partial charge < -0.3 is 4.90 Å².